The van der Waals surface area contributed by atoms with Crippen molar-refractivity contribution in [1.29, 1.82) is 0 Å². The molecular weight excluding hydrogens is 342 g/mol. The van der Waals surface area contributed by atoms with Gasteiger partial charge in [0, 0.05) is 23.2 Å². The van der Waals surface area contributed by atoms with Gasteiger partial charge in [0.1, 0.15) is 11.6 Å². The number of nitrogens with one attached hydrogen (secondary N) is 1. The first-order valence-electron chi connectivity index (χ1n) is 9.25. The van der Waals surface area contributed by atoms with Crippen molar-refractivity contribution >= 4 is 17.2 Å². The van der Waals surface area contributed by atoms with Crippen LogP contribution in [0.15, 0.2) is 54.0 Å². The third-order valence-corrected chi connectivity index (χ3v) is 5.77. The number of nitrogens with zero attached hydrogens (tertiary/aromatic N) is 2. The number of hydrogen-bond donors (Lipinski definition) is 1. The SMILES string of the molecule is O=C(Cn1cccc1-c1nc(-c2ccccc2)cs1)NC1CCCCC1. The second-order valence-corrected chi connectivity index (χ2v) is 7.69. The molecule has 0 saturated heterocycles. The first-order valence-corrected chi connectivity index (χ1v) is 10.1. The van der Waals surface area contributed by atoms with Gasteiger partial charge >= 0.3 is 0 Å². The van der Waals surface area contributed by atoms with Crippen molar-refractivity contribution < 1.29 is 4.79 Å². The van der Waals surface area contributed by atoms with Crippen molar-refractivity contribution in [3.8, 4) is 22.0 Å². The van der Waals surface area contributed by atoms with Crippen LogP contribution in [0.1, 0.15) is 32.1 Å². The van der Waals surface area contributed by atoms with Crippen LogP contribution < -0.4 is 5.32 Å². The molecule has 1 aliphatic rings. The summed E-state index contributed by atoms with van der Waals surface area (Å²) in [4.78, 5) is 17.2. The topological polar surface area (TPSA) is 46.9 Å². The molecule has 0 bridgehead atoms. The minimum atomic E-state index is 0.0918. The lowest BCUT2D eigenvalue weighted by atomic mass is 9.95. The maximum absolute atomic E-state index is 12.4. The molecule has 1 amide bonds. The molecular formula is C21H23N3OS. The van der Waals surface area contributed by atoms with Gasteiger partial charge < -0.3 is 9.88 Å². The standard InChI is InChI=1S/C21H23N3OS/c25-20(22-17-10-5-2-6-11-17)14-24-13-7-12-19(24)21-23-18(15-26-21)16-8-3-1-4-9-16/h1,3-4,7-9,12-13,15,17H,2,5-6,10-11,14H2,(H,22,25). The van der Waals surface area contributed by atoms with Gasteiger partial charge in [0.25, 0.3) is 0 Å². The van der Waals surface area contributed by atoms with Gasteiger partial charge in [-0.2, -0.15) is 0 Å². The van der Waals surface area contributed by atoms with E-state index >= 15 is 0 Å². The van der Waals surface area contributed by atoms with Crippen molar-refractivity contribution in [2.24, 2.45) is 0 Å². The molecule has 1 aromatic carbocycles. The average molecular weight is 366 g/mol. The minimum absolute atomic E-state index is 0.0918. The Hall–Kier alpha value is -2.40. The lowest BCUT2D eigenvalue weighted by Gasteiger charge is -2.23. The molecule has 134 valence electrons. The van der Waals surface area contributed by atoms with E-state index < -0.39 is 0 Å². The minimum Gasteiger partial charge on any atom is -0.352 e. The molecule has 5 heteroatoms. The van der Waals surface area contributed by atoms with Crippen molar-refractivity contribution in [3.05, 3.63) is 54.0 Å². The second-order valence-electron chi connectivity index (χ2n) is 6.83. The summed E-state index contributed by atoms with van der Waals surface area (Å²) in [5.41, 5.74) is 3.09. The highest BCUT2D eigenvalue weighted by atomic mass is 32.1. The van der Waals surface area contributed by atoms with Crippen LogP contribution >= 0.6 is 11.3 Å². The van der Waals surface area contributed by atoms with Crippen LogP contribution in [0.25, 0.3) is 22.0 Å². The van der Waals surface area contributed by atoms with Crippen molar-refractivity contribution in [3.63, 3.8) is 0 Å². The molecule has 1 aliphatic carbocycles. The van der Waals surface area contributed by atoms with E-state index in [0.717, 1.165) is 34.8 Å². The summed E-state index contributed by atoms with van der Waals surface area (Å²) in [7, 11) is 0. The molecule has 0 aliphatic heterocycles. The summed E-state index contributed by atoms with van der Waals surface area (Å²) in [6.07, 6.45) is 7.91. The van der Waals surface area contributed by atoms with Gasteiger partial charge in [-0.15, -0.1) is 11.3 Å². The number of carbonyl (C=O) groups is 1. The smallest absolute Gasteiger partial charge is 0.240 e. The first-order chi connectivity index (χ1) is 12.8. The fourth-order valence-electron chi connectivity index (χ4n) is 3.55. The summed E-state index contributed by atoms with van der Waals surface area (Å²) in [5, 5.41) is 6.21. The number of amides is 1. The van der Waals surface area contributed by atoms with E-state index in [-0.39, 0.29) is 5.91 Å². The number of aromatic nitrogens is 2. The molecule has 26 heavy (non-hydrogen) atoms. The Labute approximate surface area is 157 Å². The van der Waals surface area contributed by atoms with E-state index in [1.165, 1.54) is 19.3 Å². The van der Waals surface area contributed by atoms with E-state index in [1.54, 1.807) is 11.3 Å². The third-order valence-electron chi connectivity index (χ3n) is 4.91. The van der Waals surface area contributed by atoms with Crippen molar-refractivity contribution in [1.82, 2.24) is 14.9 Å². The number of thiazole rings is 1. The Bertz CT molecular complexity index is 862. The fraction of sp³-hybridized carbons (Fsp3) is 0.333. The van der Waals surface area contributed by atoms with E-state index in [4.69, 9.17) is 4.98 Å². The van der Waals surface area contributed by atoms with Crippen LogP contribution in [0.5, 0.6) is 0 Å². The van der Waals surface area contributed by atoms with Gasteiger partial charge in [-0.05, 0) is 25.0 Å². The molecule has 1 saturated carbocycles. The van der Waals surface area contributed by atoms with Crippen molar-refractivity contribution in [2.45, 2.75) is 44.7 Å². The van der Waals surface area contributed by atoms with Crippen LogP contribution in [0.3, 0.4) is 0 Å². The van der Waals surface area contributed by atoms with E-state index in [9.17, 15) is 4.79 Å². The Morgan fingerprint density at radius 2 is 1.92 bits per heavy atom. The zero-order chi connectivity index (χ0) is 17.8. The van der Waals surface area contributed by atoms with Gasteiger partial charge in [0.2, 0.25) is 5.91 Å². The zero-order valence-electron chi connectivity index (χ0n) is 14.7. The molecule has 1 fully saturated rings. The van der Waals surface area contributed by atoms with Crippen molar-refractivity contribution in [2.75, 3.05) is 0 Å². The molecule has 4 nitrogen and oxygen atoms in total. The molecule has 0 radical (unpaired) electrons. The summed E-state index contributed by atoms with van der Waals surface area (Å²) in [5.74, 6) is 0.0918. The normalized spacial score (nSPS) is 15.1. The Morgan fingerprint density at radius 1 is 1.12 bits per heavy atom. The van der Waals surface area contributed by atoms with E-state index in [1.807, 2.05) is 41.1 Å². The van der Waals surface area contributed by atoms with Gasteiger partial charge in [0.05, 0.1) is 11.4 Å². The molecule has 2 aromatic heterocycles. The highest BCUT2D eigenvalue weighted by Gasteiger charge is 2.17. The van der Waals surface area contributed by atoms with E-state index in [0.29, 0.717) is 12.6 Å². The number of hydrogen-bond acceptors (Lipinski definition) is 3. The lowest BCUT2D eigenvalue weighted by molar-refractivity contribution is -0.122. The predicted molar refractivity (Wildman–Crippen MR) is 106 cm³/mol. The Balaban J connectivity index is 1.47. The summed E-state index contributed by atoms with van der Waals surface area (Å²) in [6.45, 7) is 0.346. The maximum atomic E-state index is 12.4. The van der Waals surface area contributed by atoms with Gasteiger partial charge in [-0.3, -0.25) is 4.79 Å². The largest absolute Gasteiger partial charge is 0.352 e. The Kier molecular flexibility index (Phi) is 5.16. The van der Waals surface area contributed by atoms with Crippen LogP contribution in [0.4, 0.5) is 0 Å². The summed E-state index contributed by atoms with van der Waals surface area (Å²) >= 11 is 1.62. The van der Waals surface area contributed by atoms with Crippen LogP contribution in [0.2, 0.25) is 0 Å². The Morgan fingerprint density at radius 3 is 2.73 bits per heavy atom. The van der Waals surface area contributed by atoms with Crippen LogP contribution in [-0.4, -0.2) is 21.5 Å². The second kappa shape index (κ2) is 7.87. The summed E-state index contributed by atoms with van der Waals surface area (Å²) < 4.78 is 1.99. The molecule has 0 atom stereocenters. The zero-order valence-corrected chi connectivity index (χ0v) is 15.5. The first kappa shape index (κ1) is 17.0. The monoisotopic (exact) mass is 365 g/mol. The van der Waals surface area contributed by atoms with Gasteiger partial charge in [-0.1, -0.05) is 49.6 Å². The highest BCUT2D eigenvalue weighted by molar-refractivity contribution is 7.13. The molecule has 0 unspecified atom stereocenters. The quantitative estimate of drug-likeness (QED) is 0.711. The highest BCUT2D eigenvalue weighted by Crippen LogP contribution is 2.29. The molecule has 1 N–H and O–H groups in total. The van der Waals surface area contributed by atoms with Gasteiger partial charge in [0.15, 0.2) is 0 Å². The fourth-order valence-corrected chi connectivity index (χ4v) is 4.42. The molecule has 2 heterocycles. The predicted octanol–water partition coefficient (Wildman–Crippen LogP) is 4.73. The lowest BCUT2D eigenvalue weighted by Crippen LogP contribution is -2.38. The number of rotatable bonds is 5. The van der Waals surface area contributed by atoms with E-state index in [2.05, 4.69) is 22.8 Å². The molecule has 0 spiro atoms. The molecule has 3 aromatic rings. The third kappa shape index (κ3) is 3.88. The van der Waals surface area contributed by atoms with Crippen LogP contribution in [-0.2, 0) is 11.3 Å². The van der Waals surface area contributed by atoms with Crippen LogP contribution in [0, 0.1) is 0 Å². The number of benzene rings is 1. The molecule has 4 rings (SSSR count). The summed E-state index contributed by atoms with van der Waals surface area (Å²) in [6, 6.07) is 14.5. The maximum Gasteiger partial charge on any atom is 0.240 e. The number of carbonyl (C=O) groups excluding carboxylic acids is 1. The average Bonchev–Trinajstić information content (AvgIpc) is 3.32. The van der Waals surface area contributed by atoms with Gasteiger partial charge in [-0.25, -0.2) is 4.98 Å².